The lowest BCUT2D eigenvalue weighted by Crippen LogP contribution is -2.24. The highest BCUT2D eigenvalue weighted by Gasteiger charge is 2.21. The van der Waals surface area contributed by atoms with Gasteiger partial charge in [-0.2, -0.15) is 0 Å². The zero-order valence-corrected chi connectivity index (χ0v) is 9.83. The fourth-order valence-electron chi connectivity index (χ4n) is 2.24. The first kappa shape index (κ1) is 12.0. The van der Waals surface area contributed by atoms with Gasteiger partial charge in [0.05, 0.1) is 12.7 Å². The zero-order valence-electron chi connectivity index (χ0n) is 9.83. The van der Waals surface area contributed by atoms with Gasteiger partial charge in [-0.1, -0.05) is 41.9 Å². The van der Waals surface area contributed by atoms with Crippen LogP contribution in [0.2, 0.25) is 0 Å². The zero-order chi connectivity index (χ0) is 11.9. The standard InChI is InChI=1S/C13H17N3O/c14-16-15-12-7-4-8-13(9-12)17-10-11-5-2-1-3-6-11/h1-3,5-6,12-13H,4,7-10H2/t12-,13+/m1/s1. The molecule has 1 aliphatic rings. The van der Waals surface area contributed by atoms with Crippen molar-refractivity contribution in [2.75, 3.05) is 0 Å². The van der Waals surface area contributed by atoms with Crippen LogP contribution in [0.3, 0.4) is 0 Å². The normalized spacial score (nSPS) is 24.0. The number of hydrogen-bond donors (Lipinski definition) is 0. The van der Waals surface area contributed by atoms with Gasteiger partial charge in [-0.25, -0.2) is 0 Å². The van der Waals surface area contributed by atoms with Crippen LogP contribution in [0.5, 0.6) is 0 Å². The number of nitrogens with zero attached hydrogens (tertiary/aromatic N) is 3. The second kappa shape index (κ2) is 6.28. The second-order valence-electron chi connectivity index (χ2n) is 4.44. The van der Waals surface area contributed by atoms with E-state index in [4.69, 9.17) is 10.3 Å². The summed E-state index contributed by atoms with van der Waals surface area (Å²) in [6.45, 7) is 0.647. The van der Waals surface area contributed by atoms with Crippen LogP contribution < -0.4 is 0 Å². The molecule has 1 aliphatic carbocycles. The number of ether oxygens (including phenoxy) is 1. The van der Waals surface area contributed by atoms with Crippen molar-refractivity contribution in [3.05, 3.63) is 46.3 Å². The van der Waals surface area contributed by atoms with Gasteiger partial charge in [0, 0.05) is 11.0 Å². The molecule has 90 valence electrons. The first-order chi connectivity index (χ1) is 8.38. The third kappa shape index (κ3) is 3.77. The lowest BCUT2D eigenvalue weighted by Gasteiger charge is -2.26. The van der Waals surface area contributed by atoms with Crippen molar-refractivity contribution in [2.45, 2.75) is 44.4 Å². The Morgan fingerprint density at radius 1 is 1.29 bits per heavy atom. The van der Waals surface area contributed by atoms with Gasteiger partial charge in [-0.3, -0.25) is 0 Å². The summed E-state index contributed by atoms with van der Waals surface area (Å²) in [5, 5.41) is 3.79. The maximum atomic E-state index is 8.43. The van der Waals surface area contributed by atoms with Gasteiger partial charge in [0.2, 0.25) is 0 Å². The predicted molar refractivity (Wildman–Crippen MR) is 66.4 cm³/mol. The molecule has 0 amide bonds. The van der Waals surface area contributed by atoms with E-state index in [0.29, 0.717) is 6.61 Å². The first-order valence-electron chi connectivity index (χ1n) is 6.08. The van der Waals surface area contributed by atoms with Gasteiger partial charge >= 0.3 is 0 Å². The Balaban J connectivity index is 1.81. The van der Waals surface area contributed by atoms with Crippen molar-refractivity contribution in [3.63, 3.8) is 0 Å². The Hall–Kier alpha value is -1.51. The van der Waals surface area contributed by atoms with Crippen LogP contribution in [0.1, 0.15) is 31.2 Å². The molecule has 1 saturated carbocycles. The molecular weight excluding hydrogens is 214 g/mol. The number of benzene rings is 1. The van der Waals surface area contributed by atoms with E-state index in [0.717, 1.165) is 25.7 Å². The molecular formula is C13H17N3O. The number of rotatable bonds is 4. The molecule has 2 atom stereocenters. The van der Waals surface area contributed by atoms with Gasteiger partial charge in [0.25, 0.3) is 0 Å². The van der Waals surface area contributed by atoms with E-state index in [1.54, 1.807) is 0 Å². The van der Waals surface area contributed by atoms with Crippen molar-refractivity contribution < 1.29 is 4.74 Å². The van der Waals surface area contributed by atoms with Crippen molar-refractivity contribution in [2.24, 2.45) is 5.11 Å². The largest absolute Gasteiger partial charge is 0.374 e. The Bertz CT molecular complexity index is 387. The number of hydrogen-bond acceptors (Lipinski definition) is 2. The molecule has 0 bridgehead atoms. The highest BCUT2D eigenvalue weighted by molar-refractivity contribution is 5.13. The van der Waals surface area contributed by atoms with Crippen LogP contribution in [-0.4, -0.2) is 12.1 Å². The predicted octanol–water partition coefficient (Wildman–Crippen LogP) is 3.82. The minimum atomic E-state index is 0.120. The van der Waals surface area contributed by atoms with Gasteiger partial charge < -0.3 is 4.74 Å². The van der Waals surface area contributed by atoms with Gasteiger partial charge in [0.15, 0.2) is 0 Å². The number of azide groups is 1. The lowest BCUT2D eigenvalue weighted by atomic mass is 9.93. The van der Waals surface area contributed by atoms with E-state index in [9.17, 15) is 0 Å². The Kier molecular flexibility index (Phi) is 4.42. The molecule has 4 heteroatoms. The molecule has 17 heavy (non-hydrogen) atoms. The highest BCUT2D eigenvalue weighted by atomic mass is 16.5. The summed E-state index contributed by atoms with van der Waals surface area (Å²) in [7, 11) is 0. The van der Waals surface area contributed by atoms with Crippen molar-refractivity contribution >= 4 is 0 Å². The van der Waals surface area contributed by atoms with Crippen molar-refractivity contribution in [1.29, 1.82) is 0 Å². The SMILES string of the molecule is [N-]=[N+]=N[C@@H]1CCC[C@H](OCc2ccccc2)C1. The van der Waals surface area contributed by atoms with Gasteiger partial charge in [0.1, 0.15) is 0 Å². The summed E-state index contributed by atoms with van der Waals surface area (Å²) in [6.07, 6.45) is 4.25. The Labute approximate surface area is 101 Å². The molecule has 0 aromatic heterocycles. The minimum Gasteiger partial charge on any atom is -0.374 e. The van der Waals surface area contributed by atoms with Crippen LogP contribution in [0, 0.1) is 0 Å². The fraction of sp³-hybridized carbons (Fsp3) is 0.538. The summed E-state index contributed by atoms with van der Waals surface area (Å²) in [5.74, 6) is 0. The molecule has 2 rings (SSSR count). The summed E-state index contributed by atoms with van der Waals surface area (Å²) in [4.78, 5) is 2.88. The third-order valence-corrected chi connectivity index (χ3v) is 3.14. The Morgan fingerprint density at radius 2 is 2.12 bits per heavy atom. The van der Waals surface area contributed by atoms with Crippen LogP contribution in [-0.2, 0) is 11.3 Å². The topological polar surface area (TPSA) is 58.0 Å². The molecule has 0 aliphatic heterocycles. The highest BCUT2D eigenvalue weighted by Crippen LogP contribution is 2.24. The summed E-state index contributed by atoms with van der Waals surface area (Å²) in [6, 6.07) is 10.3. The van der Waals surface area contributed by atoms with E-state index in [1.165, 1.54) is 5.56 Å². The maximum Gasteiger partial charge on any atom is 0.0720 e. The molecule has 1 fully saturated rings. The van der Waals surface area contributed by atoms with Crippen molar-refractivity contribution in [1.82, 2.24) is 0 Å². The van der Waals surface area contributed by atoms with Crippen molar-refractivity contribution in [3.8, 4) is 0 Å². The van der Waals surface area contributed by atoms with E-state index in [1.807, 2.05) is 18.2 Å². The molecule has 0 heterocycles. The minimum absolute atomic E-state index is 0.120. The average Bonchev–Trinajstić information content (AvgIpc) is 2.39. The molecule has 0 spiro atoms. The molecule has 0 unspecified atom stereocenters. The second-order valence-corrected chi connectivity index (χ2v) is 4.44. The third-order valence-electron chi connectivity index (χ3n) is 3.14. The Morgan fingerprint density at radius 3 is 2.88 bits per heavy atom. The van der Waals surface area contributed by atoms with E-state index in [-0.39, 0.29) is 12.1 Å². The molecule has 0 N–H and O–H groups in total. The summed E-state index contributed by atoms with van der Waals surface area (Å²) in [5.41, 5.74) is 9.62. The smallest absolute Gasteiger partial charge is 0.0720 e. The average molecular weight is 231 g/mol. The lowest BCUT2D eigenvalue weighted by molar-refractivity contribution is 0.0123. The molecule has 1 aromatic carbocycles. The van der Waals surface area contributed by atoms with Crippen LogP contribution in [0.25, 0.3) is 10.4 Å². The van der Waals surface area contributed by atoms with Crippen LogP contribution >= 0.6 is 0 Å². The van der Waals surface area contributed by atoms with Gasteiger partial charge in [-0.15, -0.1) is 0 Å². The molecule has 1 aromatic rings. The summed E-state index contributed by atoms with van der Waals surface area (Å²) >= 11 is 0. The summed E-state index contributed by atoms with van der Waals surface area (Å²) < 4.78 is 5.86. The molecule has 0 radical (unpaired) electrons. The van der Waals surface area contributed by atoms with E-state index < -0.39 is 0 Å². The van der Waals surface area contributed by atoms with E-state index >= 15 is 0 Å². The first-order valence-corrected chi connectivity index (χ1v) is 6.08. The quantitative estimate of drug-likeness (QED) is 0.441. The molecule has 4 nitrogen and oxygen atoms in total. The molecule has 0 saturated heterocycles. The van der Waals surface area contributed by atoms with Gasteiger partial charge in [-0.05, 0) is 30.4 Å². The van der Waals surface area contributed by atoms with Crippen LogP contribution in [0.4, 0.5) is 0 Å². The van der Waals surface area contributed by atoms with Crippen LogP contribution in [0.15, 0.2) is 35.4 Å². The monoisotopic (exact) mass is 231 g/mol. The maximum absolute atomic E-state index is 8.43. The fourth-order valence-corrected chi connectivity index (χ4v) is 2.24. The van der Waals surface area contributed by atoms with E-state index in [2.05, 4.69) is 22.2 Å².